The van der Waals surface area contributed by atoms with Crippen molar-refractivity contribution in [3.05, 3.63) is 0 Å². The Morgan fingerprint density at radius 2 is 1.14 bits per heavy atom. The van der Waals surface area contributed by atoms with E-state index in [9.17, 15) is 14.4 Å². The average molecular weight is 428 g/mol. The number of ether oxygens (including phenoxy) is 2. The molecule has 0 radical (unpaired) electrons. The molecule has 0 aliphatic carbocycles. The molecule has 0 bridgehead atoms. The second-order valence-electron chi connectivity index (χ2n) is 3.89. The summed E-state index contributed by atoms with van der Waals surface area (Å²) < 4.78 is 19.0. The molecule has 124 valence electrons. The van der Waals surface area contributed by atoms with Crippen LogP contribution >= 0.6 is 40.2 Å². The Hall–Kier alpha value is 0.595. The molecular formula is C9H12Al2Cl4O7. The predicted molar refractivity (Wildman–Crippen MR) is 82.7 cm³/mol. The van der Waals surface area contributed by atoms with Gasteiger partial charge < -0.3 is 17.1 Å². The van der Waals surface area contributed by atoms with Gasteiger partial charge >= 0.3 is 43.2 Å². The summed E-state index contributed by atoms with van der Waals surface area (Å²) in [5.74, 6) is -2.67. The lowest BCUT2D eigenvalue weighted by atomic mass is 10.3. The standard InChI is InChI=1S/C9H13O7.2Al.4ClH/c1-4(10)8(13)16-6(3)9(14)15-5(2)7(11)12;;;;;;/h4-6H,1-3H3,(H,11,12);;;4*1H/q-1;2*+3;;;;/p-5. The molecule has 0 heterocycles. The maximum Gasteiger partial charge on any atom is 0.817 e. The van der Waals surface area contributed by atoms with Crippen molar-refractivity contribution in [2.75, 3.05) is 0 Å². The summed E-state index contributed by atoms with van der Waals surface area (Å²) in [7, 11) is 21.7. The fourth-order valence-electron chi connectivity index (χ4n) is 1.03. The summed E-state index contributed by atoms with van der Waals surface area (Å²) in [4.78, 5) is 34.6. The lowest BCUT2D eigenvalue weighted by molar-refractivity contribution is -0.176. The largest absolute Gasteiger partial charge is 0.817 e. The van der Waals surface area contributed by atoms with E-state index in [1.165, 1.54) is 20.8 Å². The van der Waals surface area contributed by atoms with Crippen LogP contribution in [0.15, 0.2) is 0 Å². The Bertz CT molecular complexity index is 409. The van der Waals surface area contributed by atoms with E-state index in [-0.39, 0.29) is 0 Å². The number of hydrogen-bond donors (Lipinski definition) is 0. The number of halogens is 4. The molecule has 0 aliphatic rings. The predicted octanol–water partition coefficient (Wildman–Crippen LogP) is 1.72. The molecule has 0 aromatic carbocycles. The van der Waals surface area contributed by atoms with Crippen molar-refractivity contribution < 1.29 is 31.4 Å². The van der Waals surface area contributed by atoms with Gasteiger partial charge in [0.2, 0.25) is 0 Å². The highest BCUT2D eigenvalue weighted by Gasteiger charge is 2.31. The van der Waals surface area contributed by atoms with E-state index in [1.807, 2.05) is 0 Å². The van der Waals surface area contributed by atoms with Crippen LogP contribution in [0.25, 0.3) is 0 Å². The average Bonchev–Trinajstić information content (AvgIpc) is 2.36. The van der Waals surface area contributed by atoms with E-state index >= 15 is 0 Å². The summed E-state index contributed by atoms with van der Waals surface area (Å²) in [5, 5.41) is 0. The zero-order chi connectivity index (χ0) is 17.4. The van der Waals surface area contributed by atoms with Crippen LogP contribution in [0.1, 0.15) is 20.8 Å². The van der Waals surface area contributed by atoms with E-state index in [0.29, 0.717) is 0 Å². The molecule has 3 unspecified atom stereocenters. The van der Waals surface area contributed by atoms with E-state index in [4.69, 9.17) is 53.5 Å². The second kappa shape index (κ2) is 11.2. The van der Waals surface area contributed by atoms with Crippen molar-refractivity contribution in [2.24, 2.45) is 0 Å². The first-order valence-electron chi connectivity index (χ1n) is 5.87. The lowest BCUT2D eigenvalue weighted by Gasteiger charge is -2.19. The molecule has 0 rings (SSSR count). The van der Waals surface area contributed by atoms with Gasteiger partial charge in [0.25, 0.3) is 0 Å². The minimum atomic E-state index is -2.63. The zero-order valence-corrected chi connectivity index (χ0v) is 17.1. The number of carbonyl (C=O) groups is 3. The van der Waals surface area contributed by atoms with Crippen LogP contribution in [0.2, 0.25) is 0 Å². The Morgan fingerprint density at radius 3 is 1.55 bits per heavy atom. The van der Waals surface area contributed by atoms with Crippen LogP contribution in [-0.4, -0.2) is 61.5 Å². The van der Waals surface area contributed by atoms with Crippen molar-refractivity contribution in [1.82, 2.24) is 0 Å². The van der Waals surface area contributed by atoms with Gasteiger partial charge in [-0.3, -0.25) is 4.79 Å². The smallest absolute Gasteiger partial charge is 0.591 e. The van der Waals surface area contributed by atoms with Crippen LogP contribution in [0.5, 0.6) is 0 Å². The second-order valence-corrected chi connectivity index (χ2v) is 11.5. The SMILES string of the molecule is CC(OC(=O)C(C)[O][Al]([Cl])[Cl])C(=O)OC(C)C(=O)[O][Al]([Cl])[Cl]. The first kappa shape index (κ1) is 22.6. The Kier molecular flexibility index (Phi) is 11.5. The molecule has 3 atom stereocenters. The van der Waals surface area contributed by atoms with E-state index in [0.717, 1.165) is 0 Å². The van der Waals surface area contributed by atoms with Gasteiger partial charge in [-0.1, -0.05) is 0 Å². The molecule has 13 heteroatoms. The molecule has 0 fully saturated rings. The normalized spacial score (nSPS) is 14.3. The van der Waals surface area contributed by atoms with Gasteiger partial charge in [0.1, 0.15) is 6.10 Å². The third-order valence-corrected chi connectivity index (χ3v) is 4.27. The van der Waals surface area contributed by atoms with Crippen molar-refractivity contribution in [3.8, 4) is 0 Å². The Balaban J connectivity index is 4.37. The topological polar surface area (TPSA) is 88.1 Å². The van der Waals surface area contributed by atoms with Gasteiger partial charge in [-0.25, -0.2) is 9.59 Å². The van der Waals surface area contributed by atoms with Crippen molar-refractivity contribution in [1.29, 1.82) is 0 Å². The molecule has 0 aliphatic heterocycles. The molecule has 7 nitrogen and oxygen atoms in total. The van der Waals surface area contributed by atoms with E-state index in [1.54, 1.807) is 0 Å². The van der Waals surface area contributed by atoms with Crippen molar-refractivity contribution >= 4 is 83.4 Å². The summed E-state index contributed by atoms with van der Waals surface area (Å²) in [6.07, 6.45) is -3.53. The van der Waals surface area contributed by atoms with Crippen LogP contribution in [-0.2, 0) is 31.4 Å². The molecule has 0 spiro atoms. The highest BCUT2D eigenvalue weighted by atomic mass is 35.7. The van der Waals surface area contributed by atoms with Gasteiger partial charge in [-0.15, -0.1) is 0 Å². The molecule has 22 heavy (non-hydrogen) atoms. The van der Waals surface area contributed by atoms with Crippen LogP contribution in [0, 0.1) is 0 Å². The van der Waals surface area contributed by atoms with Crippen LogP contribution < -0.4 is 0 Å². The monoisotopic (exact) mass is 426 g/mol. The third kappa shape index (κ3) is 9.67. The molecule has 0 saturated heterocycles. The number of hydrogen-bond acceptors (Lipinski definition) is 7. The summed E-state index contributed by atoms with van der Waals surface area (Å²) in [6, 6.07) is 0. The molecule has 0 amide bonds. The zero-order valence-electron chi connectivity index (χ0n) is 11.8. The summed E-state index contributed by atoms with van der Waals surface area (Å²) in [6.45, 7) is 3.90. The number of esters is 2. The van der Waals surface area contributed by atoms with Crippen LogP contribution in [0.3, 0.4) is 0 Å². The van der Waals surface area contributed by atoms with Gasteiger partial charge in [0.05, 0.1) is 0 Å². The third-order valence-electron chi connectivity index (χ3n) is 2.09. The first-order chi connectivity index (χ1) is 10.0. The van der Waals surface area contributed by atoms with Gasteiger partial charge in [0, 0.05) is 0 Å². The van der Waals surface area contributed by atoms with Gasteiger partial charge in [0.15, 0.2) is 12.2 Å². The Labute approximate surface area is 153 Å². The van der Waals surface area contributed by atoms with E-state index in [2.05, 4.69) is 3.79 Å². The molecule has 0 saturated carbocycles. The fraction of sp³-hybridized carbons (Fsp3) is 0.667. The van der Waals surface area contributed by atoms with Crippen LogP contribution in [0.4, 0.5) is 0 Å². The highest BCUT2D eigenvalue weighted by molar-refractivity contribution is 7.31. The minimum absolute atomic E-state index is 0.840. The molecule has 0 aromatic rings. The number of carbonyl (C=O) groups excluding carboxylic acids is 3. The van der Waals surface area contributed by atoms with Gasteiger partial charge in [-0.2, -0.15) is 40.2 Å². The van der Waals surface area contributed by atoms with Gasteiger partial charge in [-0.05, 0) is 20.8 Å². The Morgan fingerprint density at radius 1 is 0.727 bits per heavy atom. The minimum Gasteiger partial charge on any atom is -0.591 e. The summed E-state index contributed by atoms with van der Waals surface area (Å²) in [5.41, 5.74) is 0. The quantitative estimate of drug-likeness (QED) is 0.430. The molecule has 0 N–H and O–H groups in total. The fourth-order valence-corrected chi connectivity index (χ4v) is 3.27. The molecular weight excluding hydrogens is 416 g/mol. The van der Waals surface area contributed by atoms with Crippen molar-refractivity contribution in [2.45, 2.75) is 39.1 Å². The van der Waals surface area contributed by atoms with Crippen molar-refractivity contribution in [3.63, 3.8) is 0 Å². The highest BCUT2D eigenvalue weighted by Crippen LogP contribution is 2.08. The summed E-state index contributed by atoms with van der Waals surface area (Å²) >= 11 is -5.09. The lowest BCUT2D eigenvalue weighted by Crippen LogP contribution is -2.36. The maximum atomic E-state index is 11.7. The maximum absolute atomic E-state index is 11.7. The molecule has 0 aromatic heterocycles. The number of rotatable bonds is 8. The van der Waals surface area contributed by atoms with E-state index < -0.39 is 61.5 Å². The first-order valence-corrected chi connectivity index (χ1v) is 13.8.